The number of nitrogens with zero attached hydrogens (tertiary/aromatic N) is 1. The van der Waals surface area contributed by atoms with Crippen LogP contribution in [0.5, 0.6) is 0 Å². The second-order valence-corrected chi connectivity index (χ2v) is 11.1. The summed E-state index contributed by atoms with van der Waals surface area (Å²) in [6, 6.07) is 0. The molecular formula is C6H28N2O24P6. The number of rotatable bonds is 1. The Morgan fingerprint density at radius 1 is 0.526 bits per heavy atom. The molecule has 236 valence electrons. The molecule has 0 saturated heterocycles. The summed E-state index contributed by atoms with van der Waals surface area (Å²) in [6.45, 7) is 4.06. The highest BCUT2D eigenvalue weighted by Gasteiger charge is 2.02. The first-order chi connectivity index (χ1) is 15.8. The lowest BCUT2D eigenvalue weighted by atomic mass is 10.4. The van der Waals surface area contributed by atoms with Gasteiger partial charge in [-0.2, -0.15) is 0 Å². The van der Waals surface area contributed by atoms with Crippen molar-refractivity contribution in [3.05, 3.63) is 17.7 Å². The lowest BCUT2D eigenvalue weighted by Crippen LogP contribution is -1.76. The van der Waals surface area contributed by atoms with Gasteiger partial charge in [0, 0.05) is 11.9 Å². The molecule has 1 aromatic rings. The Morgan fingerprint density at radius 2 is 0.684 bits per heavy atom. The zero-order valence-corrected chi connectivity index (χ0v) is 23.8. The van der Waals surface area contributed by atoms with Crippen molar-refractivity contribution in [1.82, 2.24) is 9.97 Å². The van der Waals surface area contributed by atoms with E-state index in [0.29, 0.717) is 0 Å². The van der Waals surface area contributed by atoms with E-state index in [1.54, 1.807) is 0 Å². The number of phosphoric acid groups is 6. The first-order valence-electron chi connectivity index (χ1n) is 7.53. The van der Waals surface area contributed by atoms with Gasteiger partial charge in [0.2, 0.25) is 0 Å². The maximum atomic E-state index is 8.88. The van der Waals surface area contributed by atoms with Gasteiger partial charge in [0.15, 0.2) is 0 Å². The highest BCUT2D eigenvalue weighted by Crippen LogP contribution is 2.27. The molecular weight excluding hydrogens is 670 g/mol. The van der Waals surface area contributed by atoms with Crippen LogP contribution in [0, 0.1) is 6.92 Å². The van der Waals surface area contributed by atoms with E-state index in [0.717, 1.165) is 12.2 Å². The van der Waals surface area contributed by atoms with Crippen LogP contribution >= 0.6 is 46.9 Å². The number of aromatic amines is 1. The van der Waals surface area contributed by atoms with Crippen LogP contribution in [0.25, 0.3) is 0 Å². The number of hydrogen-bond acceptors (Lipinski definition) is 7. The van der Waals surface area contributed by atoms with E-state index in [9.17, 15) is 0 Å². The van der Waals surface area contributed by atoms with E-state index >= 15 is 0 Å². The Hall–Kier alpha value is -0.130. The summed E-state index contributed by atoms with van der Waals surface area (Å²) >= 11 is 0. The second-order valence-electron chi connectivity index (χ2n) is 4.93. The summed E-state index contributed by atoms with van der Waals surface area (Å²) in [6.07, 6.45) is 2.91. The van der Waals surface area contributed by atoms with E-state index in [-0.39, 0.29) is 0 Å². The van der Waals surface area contributed by atoms with Crippen molar-refractivity contribution in [3.8, 4) is 0 Å². The van der Waals surface area contributed by atoms with Crippen LogP contribution in [0.3, 0.4) is 0 Å². The van der Waals surface area contributed by atoms with Gasteiger partial charge in [0.05, 0.1) is 0 Å². The summed E-state index contributed by atoms with van der Waals surface area (Å²) in [5, 5.41) is 0. The molecule has 1 rings (SSSR count). The van der Waals surface area contributed by atoms with Crippen LogP contribution in [0.1, 0.15) is 18.4 Å². The normalized spacial score (nSPS) is 11.4. The maximum absolute atomic E-state index is 8.88. The number of aryl methyl sites for hydroxylation is 2. The van der Waals surface area contributed by atoms with Gasteiger partial charge in [-0.05, 0) is 13.3 Å². The molecule has 0 atom stereocenters. The Bertz CT molecular complexity index is 779. The van der Waals surface area contributed by atoms with Crippen molar-refractivity contribution in [3.63, 3.8) is 0 Å². The lowest BCUT2D eigenvalue weighted by Gasteiger charge is -1.82. The van der Waals surface area contributed by atoms with Gasteiger partial charge in [-0.25, -0.2) is 32.4 Å². The van der Waals surface area contributed by atoms with Gasteiger partial charge in [-0.15, -0.1) is 0 Å². The molecule has 38 heavy (non-hydrogen) atoms. The molecule has 0 aliphatic rings. The molecule has 1 aromatic heterocycles. The van der Waals surface area contributed by atoms with Gasteiger partial charge >= 0.3 is 46.9 Å². The fourth-order valence-electron chi connectivity index (χ4n) is 0.651. The Balaban J connectivity index is -0.0000000795. The molecule has 0 unspecified atom stereocenters. The fourth-order valence-corrected chi connectivity index (χ4v) is 0.651. The second kappa shape index (κ2) is 22.5. The largest absolute Gasteiger partial charge is 0.466 e. The summed E-state index contributed by atoms with van der Waals surface area (Å²) in [7, 11) is -27.8. The lowest BCUT2D eigenvalue weighted by molar-refractivity contribution is 0.272. The number of nitrogens with one attached hydrogen (secondary N) is 1. The van der Waals surface area contributed by atoms with Gasteiger partial charge < -0.3 is 93.1 Å². The van der Waals surface area contributed by atoms with E-state index in [1.807, 2.05) is 13.1 Å². The predicted octanol–water partition coefficient (Wildman–Crippen LogP) is -4.29. The SMILES string of the molecule is CCc1cnc(C)[nH]1.O=P(O)(O)O.O=P(O)(O)O.O=P(O)(O)O.O=P(O)(O)O.O=P(O)(O)O.O=P(O)(O)O. The number of imidazole rings is 1. The zero-order chi connectivity index (χ0) is 33.0. The standard InChI is InChI=1S/C6H10N2.6H3O4P/c1-3-6-4-7-5(2)8-6;6*1-5(2,3)4/h4H,3H2,1-2H3,(H,7,8);6*(H3,1,2,3,4). The molecule has 0 aromatic carbocycles. The third-order valence-corrected chi connectivity index (χ3v) is 1.14. The monoisotopic (exact) mass is 698 g/mol. The minimum Gasteiger partial charge on any atom is -0.346 e. The number of hydrogen-bond donors (Lipinski definition) is 19. The topological polar surface area (TPSA) is 495 Å². The molecule has 0 radical (unpaired) electrons. The van der Waals surface area contributed by atoms with Gasteiger partial charge in [-0.3, -0.25) is 0 Å². The Labute approximate surface area is 211 Å². The fraction of sp³-hybridized carbons (Fsp3) is 0.500. The van der Waals surface area contributed by atoms with E-state index in [4.69, 9.17) is 115 Å². The molecule has 19 N–H and O–H groups in total. The number of H-pyrrole nitrogens is 1. The van der Waals surface area contributed by atoms with Crippen molar-refractivity contribution in [2.45, 2.75) is 20.3 Å². The van der Waals surface area contributed by atoms with Crippen LogP contribution in [0.15, 0.2) is 6.20 Å². The average Bonchev–Trinajstić information content (AvgIpc) is 2.82. The van der Waals surface area contributed by atoms with Crippen molar-refractivity contribution in [2.75, 3.05) is 0 Å². The van der Waals surface area contributed by atoms with Crippen LogP contribution in [0.4, 0.5) is 0 Å². The molecule has 32 heteroatoms. The van der Waals surface area contributed by atoms with Crippen LogP contribution in [0.2, 0.25) is 0 Å². The summed E-state index contributed by atoms with van der Waals surface area (Å²) < 4.78 is 53.3. The minimum atomic E-state index is -4.64. The van der Waals surface area contributed by atoms with Crippen molar-refractivity contribution in [2.24, 2.45) is 0 Å². The predicted molar refractivity (Wildman–Crippen MR) is 118 cm³/mol. The third-order valence-electron chi connectivity index (χ3n) is 1.14. The summed E-state index contributed by atoms with van der Waals surface area (Å²) in [5.74, 6) is 1.00. The van der Waals surface area contributed by atoms with Gasteiger partial charge in [0.1, 0.15) is 5.82 Å². The van der Waals surface area contributed by atoms with Gasteiger partial charge in [0.25, 0.3) is 0 Å². The van der Waals surface area contributed by atoms with Gasteiger partial charge in [-0.1, -0.05) is 6.92 Å². The molecule has 0 saturated carbocycles. The zero-order valence-electron chi connectivity index (χ0n) is 18.4. The quantitative estimate of drug-likeness (QED) is 0.123. The Kier molecular flexibility index (Phi) is 30.1. The highest BCUT2D eigenvalue weighted by molar-refractivity contribution is 7.46. The molecule has 1 heterocycles. The molecule has 0 aliphatic heterocycles. The Morgan fingerprint density at radius 3 is 0.737 bits per heavy atom. The number of aromatic nitrogens is 2. The first kappa shape index (κ1) is 50.7. The molecule has 26 nitrogen and oxygen atoms in total. The van der Waals surface area contributed by atoms with Crippen molar-refractivity contribution in [1.29, 1.82) is 0 Å². The molecule has 0 fully saturated rings. The smallest absolute Gasteiger partial charge is 0.346 e. The highest BCUT2D eigenvalue weighted by atomic mass is 31.2. The maximum Gasteiger partial charge on any atom is 0.466 e. The van der Waals surface area contributed by atoms with Crippen molar-refractivity contribution >= 4 is 46.9 Å². The molecule has 0 aliphatic carbocycles. The molecule has 0 spiro atoms. The first-order valence-corrected chi connectivity index (χ1v) is 16.9. The summed E-state index contributed by atoms with van der Waals surface area (Å²) in [4.78, 5) is 137. The average molecular weight is 698 g/mol. The van der Waals surface area contributed by atoms with Crippen molar-refractivity contribution < 1.29 is 115 Å². The van der Waals surface area contributed by atoms with Crippen LogP contribution < -0.4 is 0 Å². The minimum absolute atomic E-state index is 1.00. The van der Waals surface area contributed by atoms with Crippen LogP contribution in [-0.2, 0) is 33.8 Å². The molecule has 0 amide bonds. The summed E-state index contributed by atoms with van der Waals surface area (Å²) in [5.41, 5.74) is 1.21. The van der Waals surface area contributed by atoms with E-state index in [1.165, 1.54) is 5.69 Å². The van der Waals surface area contributed by atoms with E-state index < -0.39 is 46.9 Å². The third kappa shape index (κ3) is 369. The van der Waals surface area contributed by atoms with Crippen LogP contribution in [-0.4, -0.2) is 98.0 Å². The van der Waals surface area contributed by atoms with E-state index in [2.05, 4.69) is 16.9 Å². The molecule has 0 bridgehead atoms.